The summed E-state index contributed by atoms with van der Waals surface area (Å²) in [6.07, 6.45) is 8.96. The van der Waals surface area contributed by atoms with E-state index in [0.29, 0.717) is 10.3 Å². The fourth-order valence-electron chi connectivity index (χ4n) is 4.75. The molecule has 1 fully saturated rings. The van der Waals surface area contributed by atoms with Gasteiger partial charge >= 0.3 is 29.6 Å². The van der Waals surface area contributed by atoms with Crippen molar-refractivity contribution < 1.29 is 46.0 Å². The van der Waals surface area contributed by atoms with Crippen LogP contribution in [0, 0.1) is 5.92 Å². The van der Waals surface area contributed by atoms with E-state index in [-0.39, 0.29) is 31.0 Å². The van der Waals surface area contributed by atoms with Crippen LogP contribution >= 0.6 is 23.4 Å². The number of aliphatic hydroxyl groups is 1. The van der Waals surface area contributed by atoms with Gasteiger partial charge in [0.05, 0.1) is 16.8 Å². The maximum absolute atomic E-state index is 10.7. The Balaban J connectivity index is 0.00000101. The number of aromatic nitrogens is 1. The molecule has 0 spiro atoms. The first-order chi connectivity index (χ1) is 19.6. The van der Waals surface area contributed by atoms with Gasteiger partial charge in [-0.2, -0.15) is 11.8 Å². The van der Waals surface area contributed by atoms with Crippen molar-refractivity contribution in [3.05, 3.63) is 112 Å². The molecule has 1 aromatic heterocycles. The van der Waals surface area contributed by atoms with Crippen molar-refractivity contribution in [3.63, 3.8) is 0 Å². The molecule has 7 heteroatoms. The van der Waals surface area contributed by atoms with Gasteiger partial charge in [0.15, 0.2) is 0 Å². The maximum atomic E-state index is 10.7. The fraction of sp³-hybridized carbons (Fsp3) is 0.314. The van der Waals surface area contributed by atoms with Gasteiger partial charge in [-0.15, -0.1) is 0 Å². The number of carbonyl (C=O) groups is 1. The van der Waals surface area contributed by atoms with E-state index in [9.17, 15) is 5.11 Å². The average Bonchev–Trinajstić information content (AvgIpc) is 3.76. The largest absolute Gasteiger partial charge is 1.00 e. The Hall–Kier alpha value is -2.12. The van der Waals surface area contributed by atoms with Crippen LogP contribution in [-0.4, -0.2) is 26.9 Å². The minimum absolute atomic E-state index is 0. The number of rotatable bonds is 10. The molecule has 0 radical (unpaired) electrons. The third kappa shape index (κ3) is 10.9. The van der Waals surface area contributed by atoms with Crippen molar-refractivity contribution in [2.45, 2.75) is 57.3 Å². The predicted molar refractivity (Wildman–Crippen MR) is 174 cm³/mol. The van der Waals surface area contributed by atoms with Gasteiger partial charge in [-0.05, 0) is 97.7 Å². The number of carboxylic acid groups (broad SMARTS) is 1. The summed E-state index contributed by atoms with van der Waals surface area (Å²) in [4.78, 5) is 13.8. The van der Waals surface area contributed by atoms with Gasteiger partial charge < -0.3 is 11.6 Å². The van der Waals surface area contributed by atoms with Gasteiger partial charge in [-0.25, -0.2) is 4.98 Å². The summed E-state index contributed by atoms with van der Waals surface area (Å²) in [5.74, 6) is 1.27. The fourth-order valence-corrected chi connectivity index (χ4v) is 6.38. The molecule has 2 N–H and O–H groups in total. The molecule has 1 atom stereocenters. The van der Waals surface area contributed by atoms with Crippen molar-refractivity contribution in [2.24, 2.45) is 5.92 Å². The Labute approximate surface area is 282 Å². The quantitative estimate of drug-likeness (QED) is 0.206. The van der Waals surface area contributed by atoms with E-state index in [4.69, 9.17) is 26.5 Å². The molecule has 0 unspecified atom stereocenters. The first-order valence-electron chi connectivity index (χ1n) is 14.0. The van der Waals surface area contributed by atoms with Crippen LogP contribution in [0.25, 0.3) is 23.1 Å². The van der Waals surface area contributed by atoms with E-state index < -0.39 is 11.6 Å². The number of hydrogen-bond donors (Lipinski definition) is 2. The number of halogens is 1. The monoisotopic (exact) mass is 611 g/mol. The van der Waals surface area contributed by atoms with E-state index in [1.165, 1.54) is 35.3 Å². The van der Waals surface area contributed by atoms with Crippen LogP contribution in [0.1, 0.15) is 74.7 Å². The molecule has 0 amide bonds. The molecule has 0 bridgehead atoms. The molecule has 4 nitrogen and oxygen atoms in total. The van der Waals surface area contributed by atoms with Crippen LogP contribution in [0.3, 0.4) is 0 Å². The number of thioether (sulfide) groups is 1. The number of fused-ring (bicyclic) bond motifs is 1. The molecule has 5 rings (SSSR count). The molecule has 0 saturated heterocycles. The summed E-state index contributed by atoms with van der Waals surface area (Å²) in [6.45, 7) is 4.83. The normalized spacial score (nSPS) is 13.7. The zero-order valence-corrected chi connectivity index (χ0v) is 28.5. The van der Waals surface area contributed by atoms with E-state index in [0.717, 1.165) is 47.8 Å². The second kappa shape index (κ2) is 16.1. The SMILES string of the molecule is CC(=O)O.CC(C)(O)c1ccccc1CC[C@@H](SCC1CC1)c1cccc(/C=C/c2ccc3ccc(Cl)cc3n2)c1.[H-].[Na+]. The summed E-state index contributed by atoms with van der Waals surface area (Å²) in [7, 11) is 0. The van der Waals surface area contributed by atoms with Gasteiger partial charge in [0.1, 0.15) is 0 Å². The minimum Gasteiger partial charge on any atom is -1.00 e. The Kier molecular flexibility index (Phi) is 13.2. The molecular formula is C35H39ClNNaO3S. The third-order valence-corrected chi connectivity index (χ3v) is 8.80. The number of hydrogen-bond acceptors (Lipinski definition) is 4. The summed E-state index contributed by atoms with van der Waals surface area (Å²) in [5.41, 5.74) is 5.81. The zero-order valence-electron chi connectivity index (χ0n) is 25.9. The molecule has 4 aromatic rings. The van der Waals surface area contributed by atoms with E-state index >= 15 is 0 Å². The Morgan fingerprint density at radius 2 is 1.79 bits per heavy atom. The Morgan fingerprint density at radius 3 is 2.50 bits per heavy atom. The number of carboxylic acids is 1. The molecule has 1 aliphatic carbocycles. The van der Waals surface area contributed by atoms with Crippen LogP contribution in [0.2, 0.25) is 5.02 Å². The van der Waals surface area contributed by atoms with Crippen molar-refractivity contribution in [3.8, 4) is 0 Å². The van der Waals surface area contributed by atoms with Crippen LogP contribution in [0.5, 0.6) is 0 Å². The minimum atomic E-state index is -0.833. The number of aryl methyl sites for hydroxylation is 1. The smallest absolute Gasteiger partial charge is 1.00 e. The van der Waals surface area contributed by atoms with Gasteiger partial charge in [0.2, 0.25) is 0 Å². The summed E-state index contributed by atoms with van der Waals surface area (Å²) >= 11 is 8.26. The van der Waals surface area contributed by atoms with Crippen molar-refractivity contribution >= 4 is 52.4 Å². The topological polar surface area (TPSA) is 70.4 Å². The molecular weight excluding hydrogens is 573 g/mol. The standard InChI is InChI=1S/C33H34ClNOS.C2H4O2.Na.H/c1-33(2,36)30-9-4-3-7-25(30)15-19-32(37-22-24-10-11-24)27-8-5-6-23(20-27)12-17-29-18-14-26-13-16-28(34)21-31(26)35-29;1-2(3)4;;/h3-9,12-14,16-18,20-21,24,32,36H,10-11,15,19,22H2,1-2H3;1H3,(H,3,4);;/q;;+1;-1/b17-12+;;;/t32-;;;/m1.../s1. The summed E-state index contributed by atoms with van der Waals surface area (Å²) < 4.78 is 0. The Bertz CT molecular complexity index is 1520. The second-order valence-electron chi connectivity index (χ2n) is 11.1. The van der Waals surface area contributed by atoms with Crippen LogP contribution in [0.15, 0.2) is 78.9 Å². The molecule has 0 aliphatic heterocycles. The van der Waals surface area contributed by atoms with Crippen molar-refractivity contribution in [1.82, 2.24) is 4.98 Å². The molecule has 42 heavy (non-hydrogen) atoms. The van der Waals surface area contributed by atoms with Crippen LogP contribution < -0.4 is 29.6 Å². The molecule has 1 aliphatic rings. The van der Waals surface area contributed by atoms with Crippen LogP contribution in [-0.2, 0) is 16.8 Å². The number of nitrogens with zero attached hydrogens (tertiary/aromatic N) is 1. The summed E-state index contributed by atoms with van der Waals surface area (Å²) in [6, 6.07) is 27.2. The van der Waals surface area contributed by atoms with E-state index in [2.05, 4.69) is 72.4 Å². The predicted octanol–water partition coefficient (Wildman–Crippen LogP) is 6.31. The first-order valence-corrected chi connectivity index (χ1v) is 15.5. The molecule has 1 saturated carbocycles. The van der Waals surface area contributed by atoms with E-state index in [1.54, 1.807) is 0 Å². The van der Waals surface area contributed by atoms with E-state index in [1.807, 2.05) is 44.2 Å². The number of benzene rings is 3. The number of aliphatic carboxylic acids is 1. The summed E-state index contributed by atoms with van der Waals surface area (Å²) in [5, 5.41) is 20.3. The van der Waals surface area contributed by atoms with Gasteiger partial charge in [-0.3, -0.25) is 4.79 Å². The van der Waals surface area contributed by atoms with Gasteiger partial charge in [0.25, 0.3) is 5.97 Å². The van der Waals surface area contributed by atoms with Gasteiger partial charge in [0, 0.05) is 22.6 Å². The average molecular weight is 612 g/mol. The molecule has 1 heterocycles. The Morgan fingerprint density at radius 1 is 1.07 bits per heavy atom. The van der Waals surface area contributed by atoms with Crippen LogP contribution in [0.4, 0.5) is 0 Å². The first kappa shape index (κ1) is 34.4. The molecule has 3 aromatic carbocycles. The van der Waals surface area contributed by atoms with Crippen molar-refractivity contribution in [2.75, 3.05) is 5.75 Å². The maximum Gasteiger partial charge on any atom is 1.00 e. The number of pyridine rings is 1. The van der Waals surface area contributed by atoms with Gasteiger partial charge in [-0.1, -0.05) is 78.3 Å². The third-order valence-electron chi connectivity index (χ3n) is 6.99. The van der Waals surface area contributed by atoms with Crippen molar-refractivity contribution in [1.29, 1.82) is 0 Å². The molecule has 216 valence electrons. The second-order valence-corrected chi connectivity index (χ2v) is 12.8. The zero-order chi connectivity index (χ0) is 29.4.